The highest BCUT2D eigenvalue weighted by Gasteiger charge is 2.37. The van der Waals surface area contributed by atoms with Crippen LogP contribution in [0, 0.1) is 18.7 Å². The number of aryl methyl sites for hydroxylation is 1. The van der Waals surface area contributed by atoms with Crippen LogP contribution in [0.25, 0.3) is 11.1 Å². The number of hydrogen-bond acceptors (Lipinski definition) is 7. The van der Waals surface area contributed by atoms with Crippen LogP contribution in [0.1, 0.15) is 87.5 Å². The van der Waals surface area contributed by atoms with E-state index >= 15 is 4.39 Å². The Morgan fingerprint density at radius 3 is 2.16 bits per heavy atom. The van der Waals surface area contributed by atoms with Crippen molar-refractivity contribution in [3.63, 3.8) is 0 Å². The summed E-state index contributed by atoms with van der Waals surface area (Å²) in [6.45, 7) is 20.9. The molecule has 0 bridgehead atoms. The zero-order valence-corrected chi connectivity index (χ0v) is 32.8. The molecule has 0 saturated carbocycles. The van der Waals surface area contributed by atoms with Gasteiger partial charge in [-0.05, 0) is 99.5 Å². The first-order valence-corrected chi connectivity index (χ1v) is 21.0. The molecule has 7 nitrogen and oxygen atoms in total. The van der Waals surface area contributed by atoms with E-state index in [0.29, 0.717) is 48.4 Å². The van der Waals surface area contributed by atoms with Crippen LogP contribution in [0.3, 0.4) is 0 Å². The molecule has 0 N–H and O–H groups in total. The summed E-state index contributed by atoms with van der Waals surface area (Å²) in [6, 6.07) is 23.4. The second kappa shape index (κ2) is 15.7. The Morgan fingerprint density at radius 1 is 0.882 bits per heavy atom. The SMILES string of the molecule is Cc1nc(CC2CCN(c3ccc(-c4ccc(CO[Si](C)(C)C(C)(C)C)cc4F)cc3)CC2)nc(C(=O)OC(C)(C)C)c1OCc1ccccc1. The van der Waals surface area contributed by atoms with Crippen LogP contribution in [0.5, 0.6) is 5.75 Å². The molecule has 0 unspecified atom stereocenters. The van der Waals surface area contributed by atoms with Crippen LogP contribution in [0.2, 0.25) is 18.1 Å². The number of nitrogens with zero attached hydrogens (tertiary/aromatic N) is 3. The number of hydrogen-bond donors (Lipinski definition) is 0. The molecule has 0 radical (unpaired) electrons. The van der Waals surface area contributed by atoms with Crippen molar-refractivity contribution in [2.75, 3.05) is 18.0 Å². The first-order valence-electron chi connectivity index (χ1n) is 18.0. The lowest BCUT2D eigenvalue weighted by Gasteiger charge is -2.36. The number of benzene rings is 3. The summed E-state index contributed by atoms with van der Waals surface area (Å²) in [4.78, 5) is 25.2. The number of halogens is 1. The highest BCUT2D eigenvalue weighted by Crippen LogP contribution is 2.37. The quantitative estimate of drug-likeness (QED) is 0.113. The van der Waals surface area contributed by atoms with Crippen LogP contribution in [-0.4, -0.2) is 42.9 Å². The Kier molecular flexibility index (Phi) is 11.7. The Bertz CT molecular complexity index is 1790. The van der Waals surface area contributed by atoms with Crippen LogP contribution in [0.4, 0.5) is 10.1 Å². The molecular weight excluding hydrogens is 658 g/mol. The molecule has 0 spiro atoms. The van der Waals surface area contributed by atoms with Gasteiger partial charge in [-0.2, -0.15) is 0 Å². The summed E-state index contributed by atoms with van der Waals surface area (Å²) in [7, 11) is -1.92. The van der Waals surface area contributed by atoms with Crippen LogP contribution in [-0.2, 0) is 28.8 Å². The average molecular weight is 712 g/mol. The molecule has 4 aromatic rings. The van der Waals surface area contributed by atoms with Crippen LogP contribution >= 0.6 is 0 Å². The number of anilines is 1. The largest absolute Gasteiger partial charge is 0.484 e. The Hall–Kier alpha value is -4.08. The Morgan fingerprint density at radius 2 is 1.55 bits per heavy atom. The third-order valence-corrected chi connectivity index (χ3v) is 14.4. The highest BCUT2D eigenvalue weighted by molar-refractivity contribution is 6.74. The van der Waals surface area contributed by atoms with E-state index in [2.05, 4.69) is 50.9 Å². The molecule has 1 aromatic heterocycles. The van der Waals surface area contributed by atoms with Crippen molar-refractivity contribution in [3.05, 3.63) is 107 Å². The lowest BCUT2D eigenvalue weighted by Crippen LogP contribution is -2.40. The van der Waals surface area contributed by atoms with Gasteiger partial charge in [0.05, 0.1) is 12.3 Å². The first-order chi connectivity index (χ1) is 24.0. The summed E-state index contributed by atoms with van der Waals surface area (Å²) in [5.74, 6) is 0.616. The lowest BCUT2D eigenvalue weighted by atomic mass is 9.92. The number of esters is 1. The van der Waals surface area contributed by atoms with Crippen molar-refractivity contribution in [1.29, 1.82) is 0 Å². The normalized spacial score (nSPS) is 14.4. The minimum absolute atomic E-state index is 0.106. The number of carbonyl (C=O) groups is 1. The van der Waals surface area contributed by atoms with Gasteiger partial charge in [-0.3, -0.25) is 0 Å². The molecule has 1 aliphatic rings. The van der Waals surface area contributed by atoms with Crippen molar-refractivity contribution in [2.45, 2.75) is 105 Å². The predicted octanol–water partition coefficient (Wildman–Crippen LogP) is 10.1. The maximum absolute atomic E-state index is 15.3. The zero-order valence-electron chi connectivity index (χ0n) is 31.8. The summed E-state index contributed by atoms with van der Waals surface area (Å²) in [5.41, 5.74) is 4.54. The monoisotopic (exact) mass is 711 g/mol. The fourth-order valence-corrected chi connectivity index (χ4v) is 6.91. The number of ether oxygens (including phenoxy) is 2. The van der Waals surface area contributed by atoms with Crippen molar-refractivity contribution in [1.82, 2.24) is 9.97 Å². The van der Waals surface area contributed by atoms with E-state index < -0.39 is 19.9 Å². The van der Waals surface area contributed by atoms with Crippen molar-refractivity contribution in [2.24, 2.45) is 5.92 Å². The second-order valence-electron chi connectivity index (χ2n) is 16.2. The smallest absolute Gasteiger partial charge is 0.361 e. The van der Waals surface area contributed by atoms with Gasteiger partial charge in [-0.1, -0.05) is 75.4 Å². The van der Waals surface area contributed by atoms with E-state index in [9.17, 15) is 4.79 Å². The van der Waals surface area contributed by atoms with Gasteiger partial charge in [0.2, 0.25) is 0 Å². The van der Waals surface area contributed by atoms with E-state index in [0.717, 1.165) is 48.3 Å². The van der Waals surface area contributed by atoms with Crippen LogP contribution < -0.4 is 9.64 Å². The number of carbonyl (C=O) groups excluding carboxylic acids is 1. The second-order valence-corrected chi connectivity index (χ2v) is 21.0. The highest BCUT2D eigenvalue weighted by atomic mass is 28.4. The van der Waals surface area contributed by atoms with Gasteiger partial charge < -0.3 is 18.8 Å². The number of aromatic nitrogens is 2. The van der Waals surface area contributed by atoms with E-state index in [1.807, 2.05) is 82.3 Å². The van der Waals surface area contributed by atoms with Gasteiger partial charge in [0.1, 0.15) is 23.8 Å². The number of rotatable bonds is 11. The van der Waals surface area contributed by atoms with Gasteiger partial charge in [0, 0.05) is 30.8 Å². The van der Waals surface area contributed by atoms with Gasteiger partial charge in [0.15, 0.2) is 19.8 Å². The average Bonchev–Trinajstić information content (AvgIpc) is 3.06. The molecule has 272 valence electrons. The molecule has 0 atom stereocenters. The third-order valence-electron chi connectivity index (χ3n) is 9.97. The topological polar surface area (TPSA) is 73.8 Å². The Balaban J connectivity index is 1.21. The predicted molar refractivity (Wildman–Crippen MR) is 205 cm³/mol. The van der Waals surface area contributed by atoms with Gasteiger partial charge >= 0.3 is 5.97 Å². The summed E-state index contributed by atoms with van der Waals surface area (Å²) in [5, 5.41) is 0.106. The maximum Gasteiger partial charge on any atom is 0.361 e. The molecule has 5 rings (SSSR count). The van der Waals surface area contributed by atoms with Gasteiger partial charge in [-0.25, -0.2) is 19.2 Å². The van der Waals surface area contributed by atoms with E-state index in [1.165, 1.54) is 0 Å². The van der Waals surface area contributed by atoms with Crippen LogP contribution in [0.15, 0.2) is 72.8 Å². The van der Waals surface area contributed by atoms with E-state index in [1.54, 1.807) is 6.07 Å². The molecule has 0 amide bonds. The summed E-state index contributed by atoms with van der Waals surface area (Å²) in [6.07, 6.45) is 2.59. The molecule has 51 heavy (non-hydrogen) atoms. The summed E-state index contributed by atoms with van der Waals surface area (Å²) >= 11 is 0. The Labute approximate surface area is 304 Å². The van der Waals surface area contributed by atoms with Crippen molar-refractivity contribution in [3.8, 4) is 16.9 Å². The minimum atomic E-state index is -1.92. The molecular formula is C42H54FN3O4Si. The maximum atomic E-state index is 15.3. The van der Waals surface area contributed by atoms with Gasteiger partial charge in [0.25, 0.3) is 0 Å². The molecule has 2 heterocycles. The minimum Gasteiger partial charge on any atom is -0.484 e. The third kappa shape index (κ3) is 10.0. The lowest BCUT2D eigenvalue weighted by molar-refractivity contribution is 0.00571. The number of piperidine rings is 1. The molecule has 3 aromatic carbocycles. The molecule has 9 heteroatoms. The fourth-order valence-electron chi connectivity index (χ4n) is 5.95. The standard InChI is InChI=1S/C42H54FN3O4Si/c1-29-39(48-27-31-13-11-10-12-14-31)38(40(47)50-41(2,3)4)45-37(44-29)26-30-21-23-46(24-22-30)34-18-16-33(17-19-34)35-20-15-32(25-36(35)43)28-49-51(8,9)42(5,6)7/h10-20,25,30H,21-24,26-28H2,1-9H3. The molecule has 1 fully saturated rings. The summed E-state index contributed by atoms with van der Waals surface area (Å²) < 4.78 is 33.4. The molecule has 1 aliphatic heterocycles. The molecule has 1 saturated heterocycles. The van der Waals surface area contributed by atoms with E-state index in [-0.39, 0.29) is 16.5 Å². The molecule has 0 aliphatic carbocycles. The fraction of sp³-hybridized carbons (Fsp3) is 0.452. The van der Waals surface area contributed by atoms with Gasteiger partial charge in [-0.15, -0.1) is 0 Å². The first kappa shape index (κ1) is 38.2. The zero-order chi connectivity index (χ0) is 37.0. The van der Waals surface area contributed by atoms with E-state index in [4.69, 9.17) is 23.9 Å². The van der Waals surface area contributed by atoms with Crippen molar-refractivity contribution >= 4 is 20.0 Å². The van der Waals surface area contributed by atoms with Crippen molar-refractivity contribution < 1.29 is 23.1 Å².